The molecule has 4 aromatic rings. The lowest BCUT2D eigenvalue weighted by atomic mass is 10.0. The molecule has 2 N–H and O–H groups in total. The first kappa shape index (κ1) is 16.1. The van der Waals surface area contributed by atoms with Gasteiger partial charge >= 0.3 is 0 Å². The molecule has 0 unspecified atom stereocenters. The molecule has 2 aromatic heterocycles. The molecule has 0 saturated heterocycles. The molecule has 0 spiro atoms. The van der Waals surface area contributed by atoms with Gasteiger partial charge in [-0.25, -0.2) is 4.98 Å². The van der Waals surface area contributed by atoms with Gasteiger partial charge in [0.05, 0.1) is 5.39 Å². The fourth-order valence-corrected chi connectivity index (χ4v) is 2.98. The number of aryl methyl sites for hydroxylation is 2. The number of hydrogen-bond acceptors (Lipinski definition) is 4. The molecule has 0 bridgehead atoms. The molecule has 130 valence electrons. The van der Waals surface area contributed by atoms with Crippen molar-refractivity contribution in [1.82, 2.24) is 15.2 Å². The molecule has 2 heterocycles. The number of benzene rings is 2. The Morgan fingerprint density at radius 1 is 0.885 bits per heavy atom. The lowest BCUT2D eigenvalue weighted by Gasteiger charge is -2.08. The SMILES string of the molecule is Oc1n[nH]c2nccc(CCc3ccc(OCc4ccccc4)cc3)c12. The van der Waals surface area contributed by atoms with Crippen molar-refractivity contribution in [3.63, 3.8) is 0 Å². The van der Waals surface area contributed by atoms with Crippen molar-refractivity contribution in [2.75, 3.05) is 0 Å². The van der Waals surface area contributed by atoms with E-state index in [1.807, 2.05) is 36.4 Å². The minimum atomic E-state index is 0.00719. The molecule has 0 amide bonds. The summed E-state index contributed by atoms with van der Waals surface area (Å²) in [6.45, 7) is 0.564. The molecule has 0 aliphatic heterocycles. The molecule has 0 fully saturated rings. The highest BCUT2D eigenvalue weighted by Gasteiger charge is 2.10. The lowest BCUT2D eigenvalue weighted by Crippen LogP contribution is -1.96. The Morgan fingerprint density at radius 3 is 2.50 bits per heavy atom. The topological polar surface area (TPSA) is 71.0 Å². The highest BCUT2D eigenvalue weighted by atomic mass is 16.5. The van der Waals surface area contributed by atoms with Crippen LogP contribution in [0.15, 0.2) is 66.9 Å². The third-order valence-electron chi connectivity index (χ3n) is 4.38. The molecular formula is C21H19N3O2. The van der Waals surface area contributed by atoms with Crippen LogP contribution in [0.2, 0.25) is 0 Å². The maximum Gasteiger partial charge on any atom is 0.240 e. The molecule has 5 heteroatoms. The zero-order valence-electron chi connectivity index (χ0n) is 14.2. The Bertz CT molecular complexity index is 995. The maximum atomic E-state index is 9.88. The van der Waals surface area contributed by atoms with Crippen LogP contribution in [0.5, 0.6) is 11.6 Å². The lowest BCUT2D eigenvalue weighted by molar-refractivity contribution is 0.306. The fourth-order valence-electron chi connectivity index (χ4n) is 2.98. The Kier molecular flexibility index (Phi) is 4.51. The van der Waals surface area contributed by atoms with E-state index in [2.05, 4.69) is 39.4 Å². The van der Waals surface area contributed by atoms with Crippen molar-refractivity contribution in [2.45, 2.75) is 19.4 Å². The largest absolute Gasteiger partial charge is 0.492 e. The molecule has 0 aliphatic rings. The van der Waals surface area contributed by atoms with Crippen LogP contribution in [0.3, 0.4) is 0 Å². The number of H-pyrrole nitrogens is 1. The van der Waals surface area contributed by atoms with E-state index in [9.17, 15) is 5.11 Å². The second kappa shape index (κ2) is 7.27. The Labute approximate surface area is 151 Å². The van der Waals surface area contributed by atoms with Crippen molar-refractivity contribution < 1.29 is 9.84 Å². The molecule has 2 aromatic carbocycles. The molecule has 26 heavy (non-hydrogen) atoms. The van der Waals surface area contributed by atoms with E-state index < -0.39 is 0 Å². The predicted molar refractivity (Wildman–Crippen MR) is 100 cm³/mol. The molecule has 0 aliphatic carbocycles. The summed E-state index contributed by atoms with van der Waals surface area (Å²) in [7, 11) is 0. The number of aromatic hydroxyl groups is 1. The molecule has 4 rings (SSSR count). The summed E-state index contributed by atoms with van der Waals surface area (Å²) in [6, 6.07) is 20.2. The average Bonchev–Trinajstić information content (AvgIpc) is 3.08. The Hall–Kier alpha value is -3.34. The average molecular weight is 345 g/mol. The van der Waals surface area contributed by atoms with E-state index in [-0.39, 0.29) is 5.88 Å². The molecule has 5 nitrogen and oxygen atoms in total. The molecule has 0 atom stereocenters. The predicted octanol–water partition coefficient (Wildman–Crippen LogP) is 4.03. The fraction of sp³-hybridized carbons (Fsp3) is 0.143. The van der Waals surface area contributed by atoms with E-state index in [0.29, 0.717) is 17.6 Å². The summed E-state index contributed by atoms with van der Waals surface area (Å²) in [6.07, 6.45) is 3.40. The number of nitrogens with zero attached hydrogens (tertiary/aromatic N) is 2. The second-order valence-electron chi connectivity index (χ2n) is 6.16. The van der Waals surface area contributed by atoms with Crippen LogP contribution < -0.4 is 4.74 Å². The minimum Gasteiger partial charge on any atom is -0.492 e. The van der Waals surface area contributed by atoms with E-state index in [0.717, 1.165) is 29.7 Å². The number of rotatable bonds is 6. The number of fused-ring (bicyclic) bond motifs is 1. The third-order valence-corrected chi connectivity index (χ3v) is 4.38. The highest BCUT2D eigenvalue weighted by molar-refractivity contribution is 5.83. The Morgan fingerprint density at radius 2 is 1.69 bits per heavy atom. The number of ether oxygens (including phenoxy) is 1. The zero-order valence-corrected chi connectivity index (χ0v) is 14.2. The summed E-state index contributed by atoms with van der Waals surface area (Å²) >= 11 is 0. The van der Waals surface area contributed by atoms with Gasteiger partial charge in [0.25, 0.3) is 0 Å². The quantitative estimate of drug-likeness (QED) is 0.553. The number of hydrogen-bond donors (Lipinski definition) is 2. The van der Waals surface area contributed by atoms with Crippen molar-refractivity contribution in [3.8, 4) is 11.6 Å². The van der Waals surface area contributed by atoms with E-state index in [1.165, 1.54) is 5.56 Å². The second-order valence-corrected chi connectivity index (χ2v) is 6.16. The number of nitrogens with one attached hydrogen (secondary N) is 1. The van der Waals surface area contributed by atoms with Crippen LogP contribution in [-0.4, -0.2) is 20.3 Å². The number of aromatic amines is 1. The van der Waals surface area contributed by atoms with Gasteiger partial charge in [-0.15, -0.1) is 5.10 Å². The van der Waals surface area contributed by atoms with Crippen LogP contribution in [0.25, 0.3) is 11.0 Å². The van der Waals surface area contributed by atoms with Crippen molar-refractivity contribution in [2.24, 2.45) is 0 Å². The molecule has 0 radical (unpaired) electrons. The normalized spacial score (nSPS) is 10.9. The van der Waals surface area contributed by atoms with Crippen LogP contribution in [0.1, 0.15) is 16.7 Å². The minimum absolute atomic E-state index is 0.00719. The monoisotopic (exact) mass is 345 g/mol. The van der Waals surface area contributed by atoms with Gasteiger partial charge in [-0.2, -0.15) is 0 Å². The van der Waals surface area contributed by atoms with Gasteiger partial charge in [0.1, 0.15) is 12.4 Å². The van der Waals surface area contributed by atoms with Gasteiger partial charge < -0.3 is 9.84 Å². The standard InChI is InChI=1S/C21H19N3O2/c25-21-19-17(12-13-22-20(19)23-24-21)9-6-15-7-10-18(11-8-15)26-14-16-4-2-1-3-5-16/h1-5,7-8,10-13H,6,9,14H2,(H2,22,23,24,25). The smallest absolute Gasteiger partial charge is 0.240 e. The first-order chi connectivity index (χ1) is 12.8. The number of pyridine rings is 1. The van der Waals surface area contributed by atoms with Gasteiger partial charge in [-0.3, -0.25) is 5.10 Å². The number of aromatic nitrogens is 3. The van der Waals surface area contributed by atoms with Crippen molar-refractivity contribution in [3.05, 3.63) is 83.6 Å². The molecule has 0 saturated carbocycles. The van der Waals surface area contributed by atoms with Crippen LogP contribution in [-0.2, 0) is 19.4 Å². The third kappa shape index (κ3) is 3.52. The van der Waals surface area contributed by atoms with E-state index >= 15 is 0 Å². The first-order valence-corrected chi connectivity index (χ1v) is 8.56. The summed E-state index contributed by atoms with van der Waals surface area (Å²) in [5.41, 5.74) is 4.01. The van der Waals surface area contributed by atoms with Crippen molar-refractivity contribution >= 4 is 11.0 Å². The van der Waals surface area contributed by atoms with E-state index in [4.69, 9.17) is 4.74 Å². The van der Waals surface area contributed by atoms with Crippen LogP contribution in [0.4, 0.5) is 0 Å². The summed E-state index contributed by atoms with van der Waals surface area (Å²) in [5, 5.41) is 17.1. The van der Waals surface area contributed by atoms with Gasteiger partial charge in [0.2, 0.25) is 5.88 Å². The van der Waals surface area contributed by atoms with Gasteiger partial charge in [-0.05, 0) is 47.7 Å². The van der Waals surface area contributed by atoms with Crippen LogP contribution in [0, 0.1) is 0 Å². The summed E-state index contributed by atoms with van der Waals surface area (Å²) < 4.78 is 5.82. The Balaban J connectivity index is 1.39. The van der Waals surface area contributed by atoms with Crippen LogP contribution >= 0.6 is 0 Å². The summed E-state index contributed by atoms with van der Waals surface area (Å²) in [5.74, 6) is 0.865. The van der Waals surface area contributed by atoms with Gasteiger partial charge in [0.15, 0.2) is 5.65 Å². The van der Waals surface area contributed by atoms with Gasteiger partial charge in [0, 0.05) is 6.20 Å². The van der Waals surface area contributed by atoms with E-state index in [1.54, 1.807) is 6.20 Å². The van der Waals surface area contributed by atoms with Crippen molar-refractivity contribution in [1.29, 1.82) is 0 Å². The highest BCUT2D eigenvalue weighted by Crippen LogP contribution is 2.25. The molecular weight excluding hydrogens is 326 g/mol. The zero-order chi connectivity index (χ0) is 17.8. The maximum absolute atomic E-state index is 9.88. The summed E-state index contributed by atoms with van der Waals surface area (Å²) in [4.78, 5) is 4.18. The van der Waals surface area contributed by atoms with Gasteiger partial charge in [-0.1, -0.05) is 42.5 Å². The first-order valence-electron chi connectivity index (χ1n) is 8.56.